The summed E-state index contributed by atoms with van der Waals surface area (Å²) in [4.78, 5) is 4.48. The molecule has 0 aliphatic heterocycles. The summed E-state index contributed by atoms with van der Waals surface area (Å²) in [6.07, 6.45) is 1.78. The van der Waals surface area contributed by atoms with Crippen LogP contribution in [0.2, 0.25) is 0 Å². The normalized spacial score (nSPS) is 11.8. The molecule has 4 radical (unpaired) electrons. The van der Waals surface area contributed by atoms with Crippen LogP contribution in [0.25, 0.3) is 11.3 Å². The van der Waals surface area contributed by atoms with Crippen molar-refractivity contribution >= 4 is 15.7 Å². The van der Waals surface area contributed by atoms with E-state index >= 15 is 0 Å². The molecule has 0 saturated heterocycles. The molecule has 3 heteroatoms. The topological polar surface area (TPSA) is 12.9 Å². The lowest BCUT2D eigenvalue weighted by Gasteiger charge is -2.30. The van der Waals surface area contributed by atoms with Crippen LogP contribution in [0.1, 0.15) is 25.0 Å². The number of aryl methyl sites for hydroxylation is 1. The Balaban J connectivity index is 2.34. The first-order valence-corrected chi connectivity index (χ1v) is 6.52. The molecule has 0 bridgehead atoms. The molecule has 0 atom stereocenters. The molecule has 2 rings (SSSR count). The third-order valence-corrected chi connectivity index (χ3v) is 3.53. The number of hydrogen-bond acceptors (Lipinski definition) is 1. The highest BCUT2D eigenvalue weighted by atomic mass is 14.7. The fraction of sp³-hybridized carbons (Fsp3) is 0.312. The second-order valence-electron chi connectivity index (χ2n) is 5.39. The molecule has 19 heavy (non-hydrogen) atoms. The summed E-state index contributed by atoms with van der Waals surface area (Å²) in [6.45, 7) is 6.09. The van der Waals surface area contributed by atoms with Gasteiger partial charge in [0.1, 0.15) is 0 Å². The van der Waals surface area contributed by atoms with E-state index in [0.717, 1.165) is 16.8 Å². The van der Waals surface area contributed by atoms with Gasteiger partial charge in [-0.2, -0.15) is 0 Å². The monoisotopic (exact) mass is 245 g/mol. The van der Waals surface area contributed by atoms with Gasteiger partial charge in [-0.25, -0.2) is 0 Å². The van der Waals surface area contributed by atoms with Crippen LogP contribution in [0.4, 0.5) is 0 Å². The summed E-state index contributed by atoms with van der Waals surface area (Å²) in [7, 11) is 12.3. The number of hydrogen-bond donors (Lipinski definition) is 0. The van der Waals surface area contributed by atoms with Crippen LogP contribution < -0.4 is 0 Å². The molecule has 0 aliphatic carbocycles. The van der Waals surface area contributed by atoms with Crippen molar-refractivity contribution in [1.82, 2.24) is 4.98 Å². The maximum Gasteiger partial charge on any atom is 0.0702 e. The minimum absolute atomic E-state index is 0.152. The Hall–Kier alpha value is -1.50. The third-order valence-electron chi connectivity index (χ3n) is 3.53. The molecule has 1 heterocycles. The second-order valence-corrected chi connectivity index (χ2v) is 5.39. The Morgan fingerprint density at radius 3 is 2.37 bits per heavy atom. The SMILES string of the molecule is [B]C([B])(c1ccc(-c2cccc(C)c2)nc1)C(C)C. The van der Waals surface area contributed by atoms with Crippen molar-refractivity contribution in [2.24, 2.45) is 5.92 Å². The molecule has 0 N–H and O–H groups in total. The zero-order valence-corrected chi connectivity index (χ0v) is 11.7. The van der Waals surface area contributed by atoms with Crippen molar-refractivity contribution in [2.75, 3.05) is 0 Å². The predicted molar refractivity (Wildman–Crippen MR) is 82.4 cm³/mol. The lowest BCUT2D eigenvalue weighted by atomic mass is 9.46. The summed E-state index contributed by atoms with van der Waals surface area (Å²) in [5, 5.41) is -0.835. The molecule has 2 aromatic rings. The molecule has 1 aromatic carbocycles. The van der Waals surface area contributed by atoms with Crippen LogP contribution in [-0.2, 0) is 5.21 Å². The van der Waals surface area contributed by atoms with Crippen molar-refractivity contribution in [3.63, 3.8) is 0 Å². The third kappa shape index (κ3) is 2.91. The maximum atomic E-state index is 6.13. The Morgan fingerprint density at radius 1 is 1.11 bits per heavy atom. The molecule has 0 unspecified atom stereocenters. The zero-order valence-electron chi connectivity index (χ0n) is 11.7. The van der Waals surface area contributed by atoms with E-state index in [1.165, 1.54) is 5.56 Å². The van der Waals surface area contributed by atoms with Crippen LogP contribution in [0.5, 0.6) is 0 Å². The summed E-state index contributed by atoms with van der Waals surface area (Å²) in [5.74, 6) is 0.152. The van der Waals surface area contributed by atoms with Gasteiger partial charge in [-0.1, -0.05) is 54.8 Å². The van der Waals surface area contributed by atoms with E-state index in [1.807, 2.05) is 32.0 Å². The molecule has 0 fully saturated rings. The number of benzene rings is 1. The number of rotatable bonds is 3. The van der Waals surface area contributed by atoms with E-state index in [-0.39, 0.29) is 5.92 Å². The highest BCUT2D eigenvalue weighted by Crippen LogP contribution is 2.26. The average molecular weight is 245 g/mol. The minimum Gasteiger partial charge on any atom is -0.256 e. The number of pyridine rings is 1. The lowest BCUT2D eigenvalue weighted by Crippen LogP contribution is -2.33. The summed E-state index contributed by atoms with van der Waals surface area (Å²) in [5.41, 5.74) is 4.12. The molecule has 92 valence electrons. The largest absolute Gasteiger partial charge is 0.256 e. The van der Waals surface area contributed by atoms with Crippen molar-refractivity contribution < 1.29 is 0 Å². The Bertz CT molecular complexity index is 559. The molecule has 0 aliphatic rings. The fourth-order valence-corrected chi connectivity index (χ4v) is 1.96. The summed E-state index contributed by atoms with van der Waals surface area (Å²) < 4.78 is 0. The average Bonchev–Trinajstić information content (AvgIpc) is 2.38. The zero-order chi connectivity index (χ0) is 14.0. The molecule has 1 nitrogen and oxygen atoms in total. The Kier molecular flexibility index (Phi) is 3.84. The van der Waals surface area contributed by atoms with Crippen LogP contribution in [0.3, 0.4) is 0 Å². The maximum absolute atomic E-state index is 6.13. The van der Waals surface area contributed by atoms with Crippen molar-refractivity contribution in [2.45, 2.75) is 26.0 Å². The van der Waals surface area contributed by atoms with Gasteiger partial charge in [-0.15, -0.1) is 0 Å². The van der Waals surface area contributed by atoms with Crippen LogP contribution >= 0.6 is 0 Å². The van der Waals surface area contributed by atoms with E-state index in [2.05, 4.69) is 30.1 Å². The van der Waals surface area contributed by atoms with Crippen LogP contribution in [0, 0.1) is 12.8 Å². The first-order valence-electron chi connectivity index (χ1n) is 6.52. The highest BCUT2D eigenvalue weighted by Gasteiger charge is 2.23. The standard InChI is InChI=1S/C16H17B2N/c1-11(2)16(17,18)14-7-8-15(19-10-14)13-6-4-5-12(3)9-13/h4-11H,1-3H3. The smallest absolute Gasteiger partial charge is 0.0702 e. The van der Waals surface area contributed by atoms with Gasteiger partial charge in [0.15, 0.2) is 0 Å². The van der Waals surface area contributed by atoms with Gasteiger partial charge in [0.05, 0.1) is 21.4 Å². The molecule has 1 aromatic heterocycles. The first-order chi connectivity index (χ1) is 8.91. The first kappa shape index (κ1) is 13.9. The van der Waals surface area contributed by atoms with Gasteiger partial charge in [0.25, 0.3) is 0 Å². The van der Waals surface area contributed by atoms with Gasteiger partial charge >= 0.3 is 0 Å². The van der Waals surface area contributed by atoms with Crippen molar-refractivity contribution in [1.29, 1.82) is 0 Å². The predicted octanol–water partition coefficient (Wildman–Crippen LogP) is 3.20. The minimum atomic E-state index is -0.835. The van der Waals surface area contributed by atoms with Gasteiger partial charge in [-0.3, -0.25) is 4.98 Å². The lowest BCUT2D eigenvalue weighted by molar-refractivity contribution is 0.569. The number of aromatic nitrogens is 1. The van der Waals surface area contributed by atoms with Crippen LogP contribution in [0.15, 0.2) is 42.6 Å². The van der Waals surface area contributed by atoms with E-state index in [0.29, 0.717) is 0 Å². The Labute approximate surface area is 118 Å². The van der Waals surface area contributed by atoms with E-state index in [4.69, 9.17) is 15.7 Å². The summed E-state index contributed by atoms with van der Waals surface area (Å²) in [6, 6.07) is 12.2. The summed E-state index contributed by atoms with van der Waals surface area (Å²) >= 11 is 0. The molecule has 0 saturated carbocycles. The Morgan fingerprint density at radius 2 is 1.84 bits per heavy atom. The van der Waals surface area contributed by atoms with Gasteiger partial charge in [-0.05, 0) is 24.6 Å². The van der Waals surface area contributed by atoms with Gasteiger partial charge in [0, 0.05) is 11.8 Å². The van der Waals surface area contributed by atoms with Gasteiger partial charge in [0.2, 0.25) is 0 Å². The molecule has 0 spiro atoms. The highest BCUT2D eigenvalue weighted by molar-refractivity contribution is 6.40. The van der Waals surface area contributed by atoms with E-state index in [1.54, 1.807) is 6.20 Å². The quantitative estimate of drug-likeness (QED) is 0.756. The van der Waals surface area contributed by atoms with Crippen LogP contribution in [-0.4, -0.2) is 20.7 Å². The molecule has 0 amide bonds. The number of nitrogens with zero attached hydrogens (tertiary/aromatic N) is 1. The van der Waals surface area contributed by atoms with Crippen molar-refractivity contribution in [3.05, 3.63) is 53.7 Å². The second kappa shape index (κ2) is 5.24. The van der Waals surface area contributed by atoms with E-state index < -0.39 is 5.21 Å². The molecular weight excluding hydrogens is 228 g/mol. The fourth-order valence-electron chi connectivity index (χ4n) is 1.96. The van der Waals surface area contributed by atoms with Crippen molar-refractivity contribution in [3.8, 4) is 11.3 Å². The van der Waals surface area contributed by atoms with E-state index in [9.17, 15) is 0 Å². The molecular formula is C16H17B2N. The van der Waals surface area contributed by atoms with Gasteiger partial charge < -0.3 is 0 Å².